The molecule has 0 unspecified atom stereocenters. The van der Waals surface area contributed by atoms with E-state index in [4.69, 9.17) is 0 Å². The highest BCUT2D eigenvalue weighted by atomic mass is 16.3. The van der Waals surface area contributed by atoms with E-state index in [2.05, 4.69) is 6.92 Å². The van der Waals surface area contributed by atoms with Gasteiger partial charge in [-0.15, -0.1) is 0 Å². The summed E-state index contributed by atoms with van der Waals surface area (Å²) >= 11 is 0. The molecule has 0 saturated heterocycles. The molecule has 1 aliphatic carbocycles. The van der Waals surface area contributed by atoms with E-state index in [1.165, 1.54) is 6.07 Å². The van der Waals surface area contributed by atoms with Gasteiger partial charge < -0.3 is 20.4 Å². The van der Waals surface area contributed by atoms with Crippen molar-refractivity contribution in [3.63, 3.8) is 0 Å². The fourth-order valence-electron chi connectivity index (χ4n) is 3.02. The zero-order chi connectivity index (χ0) is 14.4. The fraction of sp³-hybridized carbons (Fsp3) is 0.250. The SMILES string of the molecule is C[C@@H]1C[C@H](c2ccc(O)c(O)c2)c2cc(O)c(O)cc21. The average Bonchev–Trinajstić information content (AvgIpc) is 2.71. The van der Waals surface area contributed by atoms with Crippen LogP contribution in [0.15, 0.2) is 30.3 Å². The van der Waals surface area contributed by atoms with Crippen molar-refractivity contribution in [2.75, 3.05) is 0 Å². The van der Waals surface area contributed by atoms with Crippen molar-refractivity contribution in [1.29, 1.82) is 0 Å². The van der Waals surface area contributed by atoms with Gasteiger partial charge in [0.1, 0.15) is 0 Å². The Kier molecular flexibility index (Phi) is 2.74. The third kappa shape index (κ3) is 1.84. The lowest BCUT2D eigenvalue weighted by Crippen LogP contribution is -1.96. The van der Waals surface area contributed by atoms with E-state index >= 15 is 0 Å². The first-order chi connectivity index (χ1) is 9.47. The first-order valence-corrected chi connectivity index (χ1v) is 6.55. The summed E-state index contributed by atoms with van der Waals surface area (Å²) in [6.45, 7) is 2.07. The summed E-state index contributed by atoms with van der Waals surface area (Å²) in [6, 6.07) is 7.98. The van der Waals surface area contributed by atoms with E-state index in [0.717, 1.165) is 23.1 Å². The predicted octanol–water partition coefficient (Wildman–Crippen LogP) is 3.15. The first-order valence-electron chi connectivity index (χ1n) is 6.55. The van der Waals surface area contributed by atoms with Gasteiger partial charge in [-0.05, 0) is 53.3 Å². The van der Waals surface area contributed by atoms with Gasteiger partial charge in [0, 0.05) is 5.92 Å². The molecule has 0 bridgehead atoms. The van der Waals surface area contributed by atoms with E-state index in [1.54, 1.807) is 24.3 Å². The number of benzene rings is 2. The Hall–Kier alpha value is -2.36. The predicted molar refractivity (Wildman–Crippen MR) is 74.4 cm³/mol. The molecule has 0 saturated carbocycles. The van der Waals surface area contributed by atoms with Crippen molar-refractivity contribution in [2.24, 2.45) is 0 Å². The molecule has 0 amide bonds. The Labute approximate surface area is 116 Å². The van der Waals surface area contributed by atoms with E-state index in [0.29, 0.717) is 0 Å². The quantitative estimate of drug-likeness (QED) is 0.601. The number of rotatable bonds is 1. The molecule has 4 nitrogen and oxygen atoms in total. The smallest absolute Gasteiger partial charge is 0.157 e. The van der Waals surface area contributed by atoms with Crippen LogP contribution < -0.4 is 0 Å². The number of phenols is 4. The van der Waals surface area contributed by atoms with Gasteiger partial charge in [-0.1, -0.05) is 13.0 Å². The average molecular weight is 272 g/mol. The zero-order valence-electron chi connectivity index (χ0n) is 11.0. The lowest BCUT2D eigenvalue weighted by Gasteiger charge is -2.13. The van der Waals surface area contributed by atoms with Gasteiger partial charge in [-0.2, -0.15) is 0 Å². The normalized spacial score (nSPS) is 20.9. The second-order valence-electron chi connectivity index (χ2n) is 5.41. The van der Waals surface area contributed by atoms with Crippen LogP contribution in [0.25, 0.3) is 0 Å². The summed E-state index contributed by atoms with van der Waals surface area (Å²) in [5, 5.41) is 38.3. The van der Waals surface area contributed by atoms with Crippen LogP contribution in [0.1, 0.15) is 41.9 Å². The lowest BCUT2D eigenvalue weighted by atomic mass is 9.92. The summed E-state index contributed by atoms with van der Waals surface area (Å²) < 4.78 is 0. The topological polar surface area (TPSA) is 80.9 Å². The maximum absolute atomic E-state index is 9.69. The maximum atomic E-state index is 9.69. The molecule has 0 radical (unpaired) electrons. The van der Waals surface area contributed by atoms with Crippen LogP contribution in [0.3, 0.4) is 0 Å². The molecule has 4 heteroatoms. The largest absolute Gasteiger partial charge is 0.504 e. The Morgan fingerprint density at radius 3 is 2.05 bits per heavy atom. The van der Waals surface area contributed by atoms with E-state index in [1.807, 2.05) is 0 Å². The molecule has 2 aromatic carbocycles. The van der Waals surface area contributed by atoms with Gasteiger partial charge in [-0.25, -0.2) is 0 Å². The van der Waals surface area contributed by atoms with E-state index < -0.39 is 0 Å². The Morgan fingerprint density at radius 1 is 0.800 bits per heavy atom. The molecule has 2 atom stereocenters. The summed E-state index contributed by atoms with van der Waals surface area (Å²) in [6.07, 6.45) is 0.836. The second-order valence-corrected chi connectivity index (χ2v) is 5.41. The summed E-state index contributed by atoms with van der Waals surface area (Å²) in [7, 11) is 0. The van der Waals surface area contributed by atoms with E-state index in [9.17, 15) is 20.4 Å². The molecule has 0 aromatic heterocycles. The fourth-order valence-corrected chi connectivity index (χ4v) is 3.02. The van der Waals surface area contributed by atoms with Gasteiger partial charge in [0.15, 0.2) is 23.0 Å². The maximum Gasteiger partial charge on any atom is 0.157 e. The Bertz CT molecular complexity index is 678. The molecule has 0 heterocycles. The van der Waals surface area contributed by atoms with Gasteiger partial charge >= 0.3 is 0 Å². The molecule has 4 N–H and O–H groups in total. The first kappa shape index (κ1) is 12.7. The van der Waals surface area contributed by atoms with Gasteiger partial charge in [-0.3, -0.25) is 0 Å². The van der Waals surface area contributed by atoms with Gasteiger partial charge in [0.05, 0.1) is 0 Å². The molecule has 0 fully saturated rings. The summed E-state index contributed by atoms with van der Waals surface area (Å²) in [5.74, 6) is -0.230. The number of phenolic OH excluding ortho intramolecular Hbond substituents is 4. The Balaban J connectivity index is 2.10. The minimum atomic E-state index is -0.147. The van der Waals surface area contributed by atoms with Gasteiger partial charge in [0.2, 0.25) is 0 Å². The van der Waals surface area contributed by atoms with Crippen molar-refractivity contribution in [1.82, 2.24) is 0 Å². The van der Waals surface area contributed by atoms with Crippen LogP contribution in [0.2, 0.25) is 0 Å². The standard InChI is InChI=1S/C16H16O4/c1-8-4-11(9-2-3-13(17)14(18)5-9)12-7-16(20)15(19)6-10(8)12/h2-3,5-8,11,17-20H,4H2,1H3/t8-,11-/m1/s1. The van der Waals surface area contributed by atoms with Crippen LogP contribution in [0.5, 0.6) is 23.0 Å². The van der Waals surface area contributed by atoms with Crippen molar-refractivity contribution in [2.45, 2.75) is 25.2 Å². The van der Waals surface area contributed by atoms with Crippen molar-refractivity contribution < 1.29 is 20.4 Å². The third-order valence-corrected chi connectivity index (χ3v) is 4.08. The molecule has 20 heavy (non-hydrogen) atoms. The Morgan fingerprint density at radius 2 is 1.40 bits per heavy atom. The van der Waals surface area contributed by atoms with Crippen molar-refractivity contribution in [3.05, 3.63) is 47.0 Å². The van der Waals surface area contributed by atoms with Crippen LogP contribution in [0, 0.1) is 0 Å². The molecule has 0 spiro atoms. The highest BCUT2D eigenvalue weighted by molar-refractivity contribution is 5.54. The molecule has 1 aliphatic rings. The minimum absolute atomic E-state index is 0.0398. The lowest BCUT2D eigenvalue weighted by molar-refractivity contribution is 0.402. The molecular formula is C16H16O4. The monoisotopic (exact) mass is 272 g/mol. The van der Waals surface area contributed by atoms with Gasteiger partial charge in [0.25, 0.3) is 0 Å². The molecule has 2 aromatic rings. The summed E-state index contributed by atoms with van der Waals surface area (Å²) in [5.41, 5.74) is 2.85. The van der Waals surface area contributed by atoms with Crippen molar-refractivity contribution >= 4 is 0 Å². The van der Waals surface area contributed by atoms with Crippen LogP contribution in [0.4, 0.5) is 0 Å². The summed E-state index contributed by atoms with van der Waals surface area (Å²) in [4.78, 5) is 0. The van der Waals surface area contributed by atoms with Crippen molar-refractivity contribution in [3.8, 4) is 23.0 Å². The van der Waals surface area contributed by atoms with Crippen LogP contribution in [-0.2, 0) is 0 Å². The third-order valence-electron chi connectivity index (χ3n) is 4.08. The number of hydrogen-bond acceptors (Lipinski definition) is 4. The highest BCUT2D eigenvalue weighted by Gasteiger charge is 2.31. The molecule has 3 rings (SSSR count). The highest BCUT2D eigenvalue weighted by Crippen LogP contribution is 2.49. The number of fused-ring (bicyclic) bond motifs is 1. The second kappa shape index (κ2) is 4.34. The van der Waals surface area contributed by atoms with E-state index in [-0.39, 0.29) is 34.8 Å². The van der Waals surface area contributed by atoms with Crippen LogP contribution >= 0.6 is 0 Å². The zero-order valence-corrected chi connectivity index (χ0v) is 11.0. The minimum Gasteiger partial charge on any atom is -0.504 e. The molecule has 104 valence electrons. The molecule has 0 aliphatic heterocycles. The number of hydrogen-bond donors (Lipinski definition) is 4. The number of aromatic hydroxyl groups is 4. The molecular weight excluding hydrogens is 256 g/mol. The van der Waals surface area contributed by atoms with Crippen LogP contribution in [-0.4, -0.2) is 20.4 Å².